The number of hydrogen-bond donors (Lipinski definition) is 1. The first-order chi connectivity index (χ1) is 11.3. The van der Waals surface area contributed by atoms with Crippen LogP contribution >= 0.6 is 0 Å². The van der Waals surface area contributed by atoms with Crippen molar-refractivity contribution in [3.8, 4) is 6.07 Å². The number of piperidine rings is 1. The number of amides is 2. The van der Waals surface area contributed by atoms with Crippen molar-refractivity contribution in [1.29, 1.82) is 5.26 Å². The molecular formula is C17H27N3O4. The molecule has 0 unspecified atom stereocenters. The van der Waals surface area contributed by atoms with Crippen molar-refractivity contribution < 1.29 is 19.1 Å². The molecule has 1 N–H and O–H groups in total. The standard InChI is InChI=1S/C17H27N3O4/c1-17(2,3)24-16(22)20-9-5-12(6-10-20)15-13(7-11-23-15)19-14(21)4-8-18/h12-13,15H,4-7,9-11H2,1-3H3,(H,19,21)/t13-,15+/m1/s1. The monoisotopic (exact) mass is 337 g/mol. The van der Waals surface area contributed by atoms with Gasteiger partial charge < -0.3 is 19.7 Å². The molecule has 0 bridgehead atoms. The summed E-state index contributed by atoms with van der Waals surface area (Å²) in [5.41, 5.74) is -0.487. The van der Waals surface area contributed by atoms with E-state index in [2.05, 4.69) is 5.32 Å². The molecule has 0 aromatic carbocycles. The molecule has 24 heavy (non-hydrogen) atoms. The molecule has 2 saturated heterocycles. The number of carbonyl (C=O) groups excluding carboxylic acids is 2. The maximum absolute atomic E-state index is 12.1. The van der Waals surface area contributed by atoms with Crippen LogP contribution in [0.2, 0.25) is 0 Å². The number of nitrogens with zero attached hydrogens (tertiary/aromatic N) is 2. The quantitative estimate of drug-likeness (QED) is 0.848. The van der Waals surface area contributed by atoms with Crippen LogP contribution in [0.15, 0.2) is 0 Å². The maximum Gasteiger partial charge on any atom is 0.410 e. The summed E-state index contributed by atoms with van der Waals surface area (Å²) in [7, 11) is 0. The van der Waals surface area contributed by atoms with Crippen LogP contribution in [0.3, 0.4) is 0 Å². The largest absolute Gasteiger partial charge is 0.444 e. The topological polar surface area (TPSA) is 91.7 Å². The van der Waals surface area contributed by atoms with Crippen molar-refractivity contribution in [3.05, 3.63) is 0 Å². The second kappa shape index (κ2) is 7.84. The zero-order chi connectivity index (χ0) is 17.7. The molecular weight excluding hydrogens is 310 g/mol. The van der Waals surface area contributed by atoms with Crippen LogP contribution < -0.4 is 5.32 Å². The molecule has 2 aliphatic heterocycles. The highest BCUT2D eigenvalue weighted by molar-refractivity contribution is 5.78. The summed E-state index contributed by atoms with van der Waals surface area (Å²) in [6.07, 6.45) is 2.00. The van der Waals surface area contributed by atoms with Crippen LogP contribution in [0.25, 0.3) is 0 Å². The highest BCUT2D eigenvalue weighted by atomic mass is 16.6. The molecule has 2 amide bonds. The van der Waals surface area contributed by atoms with Gasteiger partial charge in [-0.3, -0.25) is 4.79 Å². The van der Waals surface area contributed by atoms with Gasteiger partial charge in [0, 0.05) is 19.7 Å². The number of carbonyl (C=O) groups is 2. The third-order valence-corrected chi connectivity index (χ3v) is 4.38. The molecule has 7 heteroatoms. The van der Waals surface area contributed by atoms with Gasteiger partial charge >= 0.3 is 6.09 Å². The Balaban J connectivity index is 1.84. The molecule has 0 radical (unpaired) electrons. The minimum atomic E-state index is -0.487. The highest BCUT2D eigenvalue weighted by Crippen LogP contribution is 2.30. The fourth-order valence-electron chi connectivity index (χ4n) is 3.30. The van der Waals surface area contributed by atoms with Gasteiger partial charge in [0.1, 0.15) is 12.0 Å². The van der Waals surface area contributed by atoms with Crippen LogP contribution in [-0.2, 0) is 14.3 Å². The molecule has 2 atom stereocenters. The predicted molar refractivity (Wildman–Crippen MR) is 87.0 cm³/mol. The first-order valence-corrected chi connectivity index (χ1v) is 8.56. The summed E-state index contributed by atoms with van der Waals surface area (Å²) in [5.74, 6) is 0.0581. The number of likely N-dealkylation sites (tertiary alicyclic amines) is 1. The Labute approximate surface area is 143 Å². The lowest BCUT2D eigenvalue weighted by molar-refractivity contribution is -0.121. The van der Waals surface area contributed by atoms with Gasteiger partial charge in [-0.1, -0.05) is 0 Å². The Morgan fingerprint density at radius 2 is 1.96 bits per heavy atom. The molecule has 0 spiro atoms. The van der Waals surface area contributed by atoms with Crippen molar-refractivity contribution >= 4 is 12.0 Å². The molecule has 2 fully saturated rings. The zero-order valence-corrected chi connectivity index (χ0v) is 14.7. The fourth-order valence-corrected chi connectivity index (χ4v) is 3.30. The Bertz CT molecular complexity index is 501. The minimum absolute atomic E-state index is 0.0339. The van der Waals surface area contributed by atoms with Gasteiger partial charge in [-0.2, -0.15) is 5.26 Å². The predicted octanol–water partition coefficient (Wildman–Crippen LogP) is 1.82. The van der Waals surface area contributed by atoms with E-state index in [1.807, 2.05) is 26.8 Å². The molecule has 0 aromatic rings. The van der Waals surface area contributed by atoms with Gasteiger partial charge in [-0.25, -0.2) is 4.79 Å². The van der Waals surface area contributed by atoms with Crippen LogP contribution in [0.5, 0.6) is 0 Å². The summed E-state index contributed by atoms with van der Waals surface area (Å²) < 4.78 is 11.2. The van der Waals surface area contributed by atoms with E-state index in [4.69, 9.17) is 14.7 Å². The second-order valence-electron chi connectivity index (χ2n) is 7.44. The lowest BCUT2D eigenvalue weighted by Gasteiger charge is -2.36. The molecule has 134 valence electrons. The number of rotatable bonds is 3. The van der Waals surface area contributed by atoms with E-state index in [0.717, 1.165) is 19.3 Å². The van der Waals surface area contributed by atoms with Crippen molar-refractivity contribution in [2.75, 3.05) is 19.7 Å². The Morgan fingerprint density at radius 3 is 2.54 bits per heavy atom. The minimum Gasteiger partial charge on any atom is -0.444 e. The lowest BCUT2D eigenvalue weighted by atomic mass is 9.87. The summed E-state index contributed by atoms with van der Waals surface area (Å²) in [4.78, 5) is 25.5. The van der Waals surface area contributed by atoms with Crippen LogP contribution in [0, 0.1) is 17.2 Å². The Hall–Kier alpha value is -1.81. The molecule has 2 heterocycles. The van der Waals surface area contributed by atoms with Crippen molar-refractivity contribution in [2.45, 2.75) is 64.2 Å². The molecule has 0 aliphatic carbocycles. The van der Waals surface area contributed by atoms with Crippen molar-refractivity contribution in [3.63, 3.8) is 0 Å². The molecule has 0 aromatic heterocycles. The first-order valence-electron chi connectivity index (χ1n) is 8.56. The van der Waals surface area contributed by atoms with E-state index in [1.165, 1.54) is 0 Å². The van der Waals surface area contributed by atoms with E-state index in [0.29, 0.717) is 25.6 Å². The summed E-state index contributed by atoms with van der Waals surface area (Å²) in [6.45, 7) is 7.47. The van der Waals surface area contributed by atoms with Gasteiger partial charge in [0.15, 0.2) is 0 Å². The summed E-state index contributed by atoms with van der Waals surface area (Å²) in [6, 6.07) is 1.82. The number of ether oxygens (including phenoxy) is 2. The summed E-state index contributed by atoms with van der Waals surface area (Å²) in [5, 5.41) is 11.5. The highest BCUT2D eigenvalue weighted by Gasteiger charge is 2.38. The lowest BCUT2D eigenvalue weighted by Crippen LogP contribution is -2.48. The van der Waals surface area contributed by atoms with Crippen molar-refractivity contribution in [2.24, 2.45) is 5.92 Å². The average molecular weight is 337 g/mol. The van der Waals surface area contributed by atoms with Gasteiger partial charge in [-0.05, 0) is 46.0 Å². The molecule has 2 aliphatic rings. The maximum atomic E-state index is 12.1. The number of hydrogen-bond acceptors (Lipinski definition) is 5. The van der Waals surface area contributed by atoms with Gasteiger partial charge in [0.25, 0.3) is 0 Å². The Kier molecular flexibility index (Phi) is 6.05. The van der Waals surface area contributed by atoms with E-state index in [1.54, 1.807) is 4.90 Å². The van der Waals surface area contributed by atoms with Crippen LogP contribution in [0.1, 0.15) is 46.5 Å². The average Bonchev–Trinajstić information content (AvgIpc) is 2.94. The third kappa shape index (κ3) is 5.10. The van der Waals surface area contributed by atoms with Gasteiger partial charge in [0.2, 0.25) is 5.91 Å². The fraction of sp³-hybridized carbons (Fsp3) is 0.824. The van der Waals surface area contributed by atoms with E-state index >= 15 is 0 Å². The third-order valence-electron chi connectivity index (χ3n) is 4.38. The Morgan fingerprint density at radius 1 is 1.29 bits per heavy atom. The van der Waals surface area contributed by atoms with E-state index < -0.39 is 5.60 Å². The van der Waals surface area contributed by atoms with E-state index in [-0.39, 0.29) is 30.6 Å². The zero-order valence-electron chi connectivity index (χ0n) is 14.7. The normalized spacial score (nSPS) is 25.2. The van der Waals surface area contributed by atoms with Gasteiger partial charge in [0.05, 0.1) is 18.2 Å². The molecule has 7 nitrogen and oxygen atoms in total. The molecule has 0 saturated carbocycles. The SMILES string of the molecule is CC(C)(C)OC(=O)N1CCC([C@@H]2OCC[C@H]2NC(=O)CC#N)CC1. The smallest absolute Gasteiger partial charge is 0.410 e. The van der Waals surface area contributed by atoms with Crippen LogP contribution in [0.4, 0.5) is 4.79 Å². The number of nitrogens with one attached hydrogen (secondary N) is 1. The second-order valence-corrected chi connectivity index (χ2v) is 7.44. The van der Waals surface area contributed by atoms with Gasteiger partial charge in [-0.15, -0.1) is 0 Å². The van der Waals surface area contributed by atoms with E-state index in [9.17, 15) is 9.59 Å². The van der Waals surface area contributed by atoms with Crippen LogP contribution in [-0.4, -0.2) is 54.3 Å². The number of nitriles is 1. The molecule has 2 rings (SSSR count). The summed E-state index contributed by atoms with van der Waals surface area (Å²) >= 11 is 0. The van der Waals surface area contributed by atoms with Crippen molar-refractivity contribution in [1.82, 2.24) is 10.2 Å². The first kappa shape index (κ1) is 18.5.